The number of hydrogen-bond donors (Lipinski definition) is 0. The molecule has 3 nitrogen and oxygen atoms in total. The van der Waals surface area contributed by atoms with Gasteiger partial charge in [0.05, 0.1) is 14.2 Å². The largest absolute Gasteiger partial charge is 0.497 e. The van der Waals surface area contributed by atoms with E-state index in [0.717, 1.165) is 29.4 Å². The molecule has 0 fully saturated rings. The second kappa shape index (κ2) is 7.82. The van der Waals surface area contributed by atoms with Crippen LogP contribution in [0.2, 0.25) is 0 Å². The van der Waals surface area contributed by atoms with Crippen molar-refractivity contribution in [1.82, 2.24) is 4.90 Å². The summed E-state index contributed by atoms with van der Waals surface area (Å²) in [6, 6.07) is 5.96. The lowest BCUT2D eigenvalue weighted by Crippen LogP contribution is -2.16. The van der Waals surface area contributed by atoms with Gasteiger partial charge in [-0.05, 0) is 43.3 Å². The van der Waals surface area contributed by atoms with E-state index in [1.807, 2.05) is 23.9 Å². The van der Waals surface area contributed by atoms with Crippen LogP contribution in [0.15, 0.2) is 33.9 Å². The lowest BCUT2D eigenvalue weighted by molar-refractivity contribution is 0.401. The monoisotopic (exact) mass is 323 g/mol. The molecule has 0 unspecified atom stereocenters. The Hall–Kier alpha value is -1.04. The second-order valence-corrected chi connectivity index (χ2v) is 7.08. The first-order valence-electron chi connectivity index (χ1n) is 6.70. The third kappa shape index (κ3) is 4.22. The van der Waals surface area contributed by atoms with Crippen LogP contribution in [0.4, 0.5) is 0 Å². The number of thioether (sulfide) groups is 2. The number of benzene rings is 1. The van der Waals surface area contributed by atoms with Gasteiger partial charge in [0, 0.05) is 22.1 Å². The lowest BCUT2D eigenvalue weighted by atomic mass is 10.1. The van der Waals surface area contributed by atoms with E-state index >= 15 is 0 Å². The van der Waals surface area contributed by atoms with Gasteiger partial charge in [-0.15, -0.1) is 11.8 Å². The predicted molar refractivity (Wildman–Crippen MR) is 94.2 cm³/mol. The molecule has 21 heavy (non-hydrogen) atoms. The highest BCUT2D eigenvalue weighted by atomic mass is 32.2. The molecule has 0 bridgehead atoms. The summed E-state index contributed by atoms with van der Waals surface area (Å²) in [4.78, 5) is 2.18. The van der Waals surface area contributed by atoms with E-state index in [9.17, 15) is 0 Å². The summed E-state index contributed by atoms with van der Waals surface area (Å²) in [6.07, 6.45) is 2.19. The Morgan fingerprint density at radius 3 is 2.62 bits per heavy atom. The maximum Gasteiger partial charge on any atom is 0.126 e. The molecule has 114 valence electrons. The van der Waals surface area contributed by atoms with E-state index in [0.29, 0.717) is 0 Å². The van der Waals surface area contributed by atoms with E-state index in [-0.39, 0.29) is 0 Å². The molecule has 1 aromatic rings. The first kappa shape index (κ1) is 16.3. The van der Waals surface area contributed by atoms with Crippen LogP contribution in [0.25, 0.3) is 5.57 Å². The van der Waals surface area contributed by atoms with Crippen molar-refractivity contribution in [3.05, 3.63) is 39.5 Å². The second-order valence-electron chi connectivity index (χ2n) is 4.87. The zero-order chi connectivity index (χ0) is 15.2. The fraction of sp³-hybridized carbons (Fsp3) is 0.375. The molecule has 0 aromatic heterocycles. The molecule has 2 rings (SSSR count). The fourth-order valence-electron chi connectivity index (χ4n) is 2.09. The molecule has 1 heterocycles. The third-order valence-electron chi connectivity index (χ3n) is 3.03. The van der Waals surface area contributed by atoms with Gasteiger partial charge in [-0.3, -0.25) is 0 Å². The standard InChI is InChI=1S/C16H21NO2S2/c1-17(2)11-14(16-20-8-5-9-21-16)13-10-12(18-3)6-7-15(13)19-4/h5-8,10H,9,11H2,1-4H3. The fourth-order valence-corrected chi connectivity index (χ4v) is 4.18. The normalized spacial score (nSPS) is 17.0. The number of rotatable bonds is 5. The molecule has 0 amide bonds. The average molecular weight is 323 g/mol. The molecule has 0 saturated heterocycles. The quantitative estimate of drug-likeness (QED) is 0.816. The Bertz CT molecular complexity index is 553. The van der Waals surface area contributed by atoms with Gasteiger partial charge in [0.1, 0.15) is 11.5 Å². The number of likely N-dealkylation sites (N-methyl/N-ethyl adjacent to an activating group) is 1. The highest BCUT2D eigenvalue weighted by molar-refractivity contribution is 8.24. The summed E-state index contributed by atoms with van der Waals surface area (Å²) in [7, 11) is 7.57. The summed E-state index contributed by atoms with van der Waals surface area (Å²) < 4.78 is 12.3. The van der Waals surface area contributed by atoms with Crippen molar-refractivity contribution < 1.29 is 9.47 Å². The predicted octanol–water partition coefficient (Wildman–Crippen LogP) is 3.93. The van der Waals surface area contributed by atoms with Crippen molar-refractivity contribution in [3.63, 3.8) is 0 Å². The van der Waals surface area contributed by atoms with Gasteiger partial charge in [0.25, 0.3) is 0 Å². The van der Waals surface area contributed by atoms with Crippen LogP contribution in [-0.2, 0) is 0 Å². The van der Waals surface area contributed by atoms with Crippen molar-refractivity contribution in [2.24, 2.45) is 0 Å². The smallest absolute Gasteiger partial charge is 0.126 e. The molecule has 1 aliphatic rings. The Morgan fingerprint density at radius 1 is 1.24 bits per heavy atom. The molecular formula is C16H21NO2S2. The molecule has 1 aromatic carbocycles. The van der Waals surface area contributed by atoms with Crippen molar-refractivity contribution in [2.75, 3.05) is 40.6 Å². The molecule has 0 radical (unpaired) electrons. The minimum Gasteiger partial charge on any atom is -0.497 e. The topological polar surface area (TPSA) is 21.7 Å². The molecule has 1 aliphatic heterocycles. The van der Waals surface area contributed by atoms with Crippen molar-refractivity contribution in [1.29, 1.82) is 0 Å². The molecule has 0 saturated carbocycles. The molecule has 0 aliphatic carbocycles. The van der Waals surface area contributed by atoms with Crippen LogP contribution in [0.5, 0.6) is 11.5 Å². The SMILES string of the molecule is COc1ccc(OC)c(C(CN(C)C)=C2SC=CCS2)c1. The lowest BCUT2D eigenvalue weighted by Gasteiger charge is -2.21. The Kier molecular flexibility index (Phi) is 6.08. The van der Waals surface area contributed by atoms with Gasteiger partial charge >= 0.3 is 0 Å². The van der Waals surface area contributed by atoms with Crippen LogP contribution < -0.4 is 9.47 Å². The summed E-state index contributed by atoms with van der Waals surface area (Å²) in [5.74, 6) is 2.76. The Morgan fingerprint density at radius 2 is 2.05 bits per heavy atom. The van der Waals surface area contributed by atoms with Crippen molar-refractivity contribution >= 4 is 29.1 Å². The maximum absolute atomic E-state index is 5.55. The first-order valence-corrected chi connectivity index (χ1v) is 8.57. The van der Waals surface area contributed by atoms with Gasteiger partial charge in [-0.25, -0.2) is 0 Å². The van der Waals surface area contributed by atoms with Crippen LogP contribution in [-0.4, -0.2) is 45.5 Å². The Balaban J connectivity index is 2.52. The Labute approximate surface area is 135 Å². The van der Waals surface area contributed by atoms with Crippen LogP contribution in [0, 0.1) is 0 Å². The van der Waals surface area contributed by atoms with Gasteiger partial charge < -0.3 is 14.4 Å². The summed E-state index contributed by atoms with van der Waals surface area (Å²) in [5, 5.41) is 2.16. The molecule has 0 atom stereocenters. The number of hydrogen-bond acceptors (Lipinski definition) is 5. The highest BCUT2D eigenvalue weighted by Gasteiger charge is 2.17. The van der Waals surface area contributed by atoms with Gasteiger partial charge in [0.15, 0.2) is 0 Å². The van der Waals surface area contributed by atoms with E-state index in [1.165, 1.54) is 9.81 Å². The molecule has 0 N–H and O–H groups in total. The third-order valence-corrected chi connectivity index (χ3v) is 5.33. The zero-order valence-electron chi connectivity index (χ0n) is 12.9. The minimum absolute atomic E-state index is 0.851. The first-order chi connectivity index (χ1) is 10.2. The zero-order valence-corrected chi connectivity index (χ0v) is 14.5. The van der Waals surface area contributed by atoms with Crippen LogP contribution in [0.1, 0.15) is 5.56 Å². The van der Waals surface area contributed by atoms with Gasteiger partial charge in [0.2, 0.25) is 0 Å². The summed E-state index contributed by atoms with van der Waals surface area (Å²) >= 11 is 3.65. The van der Waals surface area contributed by atoms with Gasteiger partial charge in [-0.2, -0.15) is 0 Å². The number of ether oxygens (including phenoxy) is 2. The van der Waals surface area contributed by atoms with Crippen LogP contribution in [0.3, 0.4) is 0 Å². The van der Waals surface area contributed by atoms with E-state index in [1.54, 1.807) is 26.0 Å². The van der Waals surface area contributed by atoms with E-state index in [2.05, 4.69) is 36.5 Å². The number of nitrogens with zero attached hydrogens (tertiary/aromatic N) is 1. The van der Waals surface area contributed by atoms with Gasteiger partial charge in [-0.1, -0.05) is 17.8 Å². The summed E-state index contributed by atoms with van der Waals surface area (Å²) in [6.45, 7) is 0.868. The number of methoxy groups -OCH3 is 2. The average Bonchev–Trinajstić information content (AvgIpc) is 2.52. The van der Waals surface area contributed by atoms with Crippen LogP contribution >= 0.6 is 23.5 Å². The maximum atomic E-state index is 5.55. The molecule has 0 spiro atoms. The van der Waals surface area contributed by atoms with E-state index in [4.69, 9.17) is 9.47 Å². The highest BCUT2D eigenvalue weighted by Crippen LogP contribution is 2.42. The summed E-state index contributed by atoms with van der Waals surface area (Å²) in [5.41, 5.74) is 2.39. The van der Waals surface area contributed by atoms with Crippen molar-refractivity contribution in [3.8, 4) is 11.5 Å². The minimum atomic E-state index is 0.851. The molecular weight excluding hydrogens is 302 g/mol. The van der Waals surface area contributed by atoms with Crippen molar-refractivity contribution in [2.45, 2.75) is 0 Å². The van der Waals surface area contributed by atoms with E-state index < -0.39 is 0 Å². The molecule has 5 heteroatoms.